The van der Waals surface area contributed by atoms with Crippen LogP contribution in [0.15, 0.2) is 23.6 Å². The summed E-state index contributed by atoms with van der Waals surface area (Å²) < 4.78 is 0. The van der Waals surface area contributed by atoms with Crippen LogP contribution in [0.5, 0.6) is 0 Å². The Hall–Kier alpha value is -1.92. The average Bonchev–Trinajstić information content (AvgIpc) is 3.31. The minimum absolute atomic E-state index is 0.160. The van der Waals surface area contributed by atoms with E-state index in [1.807, 2.05) is 0 Å². The maximum absolute atomic E-state index is 10.9. The SMILES string of the molecule is O=C(O)c1csc(CCNC2CCN(c3ccc4c(c3)CCC4)CC2)n1. The molecule has 2 aromatic rings. The standard InChI is InChI=1S/C20H25N3O2S/c24-20(25)18-13-26-19(22-18)6-9-21-16-7-10-23(11-8-16)17-5-4-14-2-1-3-15(14)12-17/h4-5,12-13,16,21H,1-3,6-11H2,(H,24,25). The molecule has 0 spiro atoms. The van der Waals surface area contributed by atoms with E-state index in [0.29, 0.717) is 6.04 Å². The summed E-state index contributed by atoms with van der Waals surface area (Å²) in [4.78, 5) is 17.5. The van der Waals surface area contributed by atoms with Crippen LogP contribution in [0.25, 0.3) is 0 Å². The fourth-order valence-electron chi connectivity index (χ4n) is 4.00. The molecular formula is C20H25N3O2S. The summed E-state index contributed by atoms with van der Waals surface area (Å²) in [5.41, 5.74) is 4.63. The van der Waals surface area contributed by atoms with E-state index in [1.54, 1.807) is 16.5 Å². The zero-order valence-electron chi connectivity index (χ0n) is 14.9. The first-order valence-electron chi connectivity index (χ1n) is 9.47. The number of benzene rings is 1. The molecule has 6 heteroatoms. The summed E-state index contributed by atoms with van der Waals surface area (Å²) in [6, 6.07) is 7.56. The third kappa shape index (κ3) is 3.91. The number of hydrogen-bond acceptors (Lipinski definition) is 5. The molecule has 4 rings (SSSR count). The van der Waals surface area contributed by atoms with Crippen LogP contribution in [0.2, 0.25) is 0 Å². The van der Waals surface area contributed by atoms with Crippen molar-refractivity contribution in [1.29, 1.82) is 0 Å². The first-order valence-corrected chi connectivity index (χ1v) is 10.3. The van der Waals surface area contributed by atoms with Crippen LogP contribution in [0.3, 0.4) is 0 Å². The second-order valence-electron chi connectivity index (χ2n) is 7.20. The van der Waals surface area contributed by atoms with Crippen LogP contribution < -0.4 is 10.2 Å². The van der Waals surface area contributed by atoms with E-state index in [1.165, 1.54) is 36.3 Å². The number of carboxylic acid groups (broad SMARTS) is 1. The normalized spacial score (nSPS) is 17.5. The zero-order valence-corrected chi connectivity index (χ0v) is 15.7. The van der Waals surface area contributed by atoms with Gasteiger partial charge in [0, 0.05) is 43.2 Å². The fraction of sp³-hybridized carbons (Fsp3) is 0.500. The summed E-state index contributed by atoms with van der Waals surface area (Å²) >= 11 is 1.43. The minimum Gasteiger partial charge on any atom is -0.476 e. The number of thiazole rings is 1. The first-order chi connectivity index (χ1) is 12.7. The summed E-state index contributed by atoms with van der Waals surface area (Å²) in [7, 11) is 0. The number of carbonyl (C=O) groups is 1. The molecule has 1 aromatic heterocycles. The third-order valence-electron chi connectivity index (χ3n) is 5.48. The van der Waals surface area contributed by atoms with E-state index in [-0.39, 0.29) is 5.69 Å². The number of aryl methyl sites for hydroxylation is 2. The van der Waals surface area contributed by atoms with E-state index in [4.69, 9.17) is 5.11 Å². The van der Waals surface area contributed by atoms with Crippen LogP contribution in [0.1, 0.15) is 45.9 Å². The minimum atomic E-state index is -0.945. The molecule has 26 heavy (non-hydrogen) atoms. The molecule has 1 saturated heterocycles. The fourth-order valence-corrected chi connectivity index (χ4v) is 4.78. The molecular weight excluding hydrogens is 346 g/mol. The Kier molecular flexibility index (Phi) is 5.22. The number of anilines is 1. The topological polar surface area (TPSA) is 65.5 Å². The van der Waals surface area contributed by atoms with Crippen molar-refractivity contribution >= 4 is 23.0 Å². The van der Waals surface area contributed by atoms with Gasteiger partial charge in [-0.3, -0.25) is 0 Å². The number of aromatic carboxylic acids is 1. The van der Waals surface area contributed by atoms with E-state index < -0.39 is 5.97 Å². The number of rotatable bonds is 6. The summed E-state index contributed by atoms with van der Waals surface area (Å²) in [5, 5.41) is 15.0. The van der Waals surface area contributed by atoms with Crippen molar-refractivity contribution in [1.82, 2.24) is 10.3 Å². The Labute approximate surface area is 158 Å². The van der Waals surface area contributed by atoms with Gasteiger partial charge in [-0.05, 0) is 55.4 Å². The van der Waals surface area contributed by atoms with Crippen molar-refractivity contribution < 1.29 is 9.90 Å². The molecule has 5 nitrogen and oxygen atoms in total. The molecule has 2 aliphatic rings. The Morgan fingerprint density at radius 2 is 2.08 bits per heavy atom. The Morgan fingerprint density at radius 1 is 1.27 bits per heavy atom. The van der Waals surface area contributed by atoms with Crippen molar-refractivity contribution in [2.24, 2.45) is 0 Å². The van der Waals surface area contributed by atoms with Crippen molar-refractivity contribution in [3.05, 3.63) is 45.4 Å². The van der Waals surface area contributed by atoms with E-state index in [9.17, 15) is 4.79 Å². The second-order valence-corrected chi connectivity index (χ2v) is 8.15. The molecule has 1 aliphatic heterocycles. The molecule has 1 aliphatic carbocycles. The number of aromatic nitrogens is 1. The summed E-state index contributed by atoms with van der Waals surface area (Å²) in [6.07, 6.45) is 6.88. The van der Waals surface area contributed by atoms with Crippen LogP contribution in [-0.4, -0.2) is 41.7 Å². The average molecular weight is 372 g/mol. The predicted octanol–water partition coefficient (Wildman–Crippen LogP) is 3.13. The van der Waals surface area contributed by atoms with Gasteiger partial charge in [0.2, 0.25) is 0 Å². The van der Waals surface area contributed by atoms with E-state index in [0.717, 1.165) is 43.9 Å². The lowest BCUT2D eigenvalue weighted by Crippen LogP contribution is -2.43. The summed E-state index contributed by atoms with van der Waals surface area (Å²) in [5.74, 6) is -0.945. The van der Waals surface area contributed by atoms with Gasteiger partial charge in [-0.2, -0.15) is 0 Å². The highest BCUT2D eigenvalue weighted by Gasteiger charge is 2.20. The van der Waals surface area contributed by atoms with Gasteiger partial charge in [0.1, 0.15) is 0 Å². The van der Waals surface area contributed by atoms with Gasteiger partial charge in [0.15, 0.2) is 5.69 Å². The lowest BCUT2D eigenvalue weighted by Gasteiger charge is -2.34. The van der Waals surface area contributed by atoms with Gasteiger partial charge in [-0.25, -0.2) is 9.78 Å². The molecule has 0 bridgehead atoms. The van der Waals surface area contributed by atoms with Crippen LogP contribution in [-0.2, 0) is 19.3 Å². The van der Waals surface area contributed by atoms with Gasteiger partial charge in [0.25, 0.3) is 0 Å². The van der Waals surface area contributed by atoms with Gasteiger partial charge in [-0.1, -0.05) is 6.07 Å². The smallest absolute Gasteiger partial charge is 0.355 e. The zero-order chi connectivity index (χ0) is 17.9. The second kappa shape index (κ2) is 7.76. The van der Waals surface area contributed by atoms with Gasteiger partial charge in [-0.15, -0.1) is 11.3 Å². The maximum Gasteiger partial charge on any atom is 0.355 e. The van der Waals surface area contributed by atoms with Crippen molar-refractivity contribution in [3.8, 4) is 0 Å². The van der Waals surface area contributed by atoms with E-state index in [2.05, 4.69) is 33.4 Å². The molecule has 0 amide bonds. The lowest BCUT2D eigenvalue weighted by atomic mass is 10.0. The number of hydrogen-bond donors (Lipinski definition) is 2. The van der Waals surface area contributed by atoms with Gasteiger partial charge in [0.05, 0.1) is 5.01 Å². The molecule has 138 valence electrons. The Bertz CT molecular complexity index is 781. The number of piperidine rings is 1. The van der Waals surface area contributed by atoms with Crippen LogP contribution >= 0.6 is 11.3 Å². The monoisotopic (exact) mass is 371 g/mol. The molecule has 0 saturated carbocycles. The van der Waals surface area contributed by atoms with Crippen molar-refractivity contribution in [2.45, 2.75) is 44.6 Å². The molecule has 2 heterocycles. The highest BCUT2D eigenvalue weighted by atomic mass is 32.1. The Balaban J connectivity index is 1.23. The quantitative estimate of drug-likeness (QED) is 0.817. The highest BCUT2D eigenvalue weighted by Crippen LogP contribution is 2.28. The molecule has 2 N–H and O–H groups in total. The molecule has 0 unspecified atom stereocenters. The highest BCUT2D eigenvalue weighted by molar-refractivity contribution is 7.09. The maximum atomic E-state index is 10.9. The largest absolute Gasteiger partial charge is 0.476 e. The molecule has 0 radical (unpaired) electrons. The summed E-state index contributed by atoms with van der Waals surface area (Å²) in [6.45, 7) is 3.05. The van der Waals surface area contributed by atoms with Gasteiger partial charge >= 0.3 is 5.97 Å². The number of fused-ring (bicyclic) bond motifs is 1. The van der Waals surface area contributed by atoms with E-state index >= 15 is 0 Å². The lowest BCUT2D eigenvalue weighted by molar-refractivity contribution is 0.0691. The van der Waals surface area contributed by atoms with Crippen LogP contribution in [0, 0.1) is 0 Å². The predicted molar refractivity (Wildman–Crippen MR) is 104 cm³/mol. The molecule has 1 aromatic carbocycles. The Morgan fingerprint density at radius 3 is 2.85 bits per heavy atom. The molecule has 0 atom stereocenters. The molecule has 1 fully saturated rings. The van der Waals surface area contributed by atoms with Crippen molar-refractivity contribution in [3.63, 3.8) is 0 Å². The number of carboxylic acids is 1. The number of nitrogens with one attached hydrogen (secondary N) is 1. The van der Waals surface area contributed by atoms with Gasteiger partial charge < -0.3 is 15.3 Å². The third-order valence-corrected chi connectivity index (χ3v) is 6.39. The number of nitrogens with zero attached hydrogens (tertiary/aromatic N) is 2. The van der Waals surface area contributed by atoms with Crippen molar-refractivity contribution in [2.75, 3.05) is 24.5 Å². The van der Waals surface area contributed by atoms with Crippen LogP contribution in [0.4, 0.5) is 5.69 Å². The first kappa shape index (κ1) is 17.5.